The van der Waals surface area contributed by atoms with E-state index in [4.69, 9.17) is 4.52 Å². The van der Waals surface area contributed by atoms with Gasteiger partial charge in [-0.15, -0.1) is 11.3 Å². The number of rotatable bonds is 4. The third kappa shape index (κ3) is 4.12. The Kier molecular flexibility index (Phi) is 4.69. The zero-order valence-electron chi connectivity index (χ0n) is 12.0. The summed E-state index contributed by atoms with van der Waals surface area (Å²) in [7, 11) is 0. The maximum atomic E-state index is 11.7. The molecule has 7 nitrogen and oxygen atoms in total. The molecule has 0 aliphatic carbocycles. The Balaban J connectivity index is 1.84. The van der Waals surface area contributed by atoms with Crippen molar-refractivity contribution in [2.45, 2.75) is 33.2 Å². The van der Waals surface area contributed by atoms with E-state index in [1.807, 2.05) is 20.8 Å². The summed E-state index contributed by atoms with van der Waals surface area (Å²) >= 11 is 1.30. The van der Waals surface area contributed by atoms with Crippen molar-refractivity contribution >= 4 is 28.3 Å². The molecule has 21 heavy (non-hydrogen) atoms. The van der Waals surface area contributed by atoms with Crippen LogP contribution in [0.4, 0.5) is 5.13 Å². The molecule has 0 spiro atoms. The summed E-state index contributed by atoms with van der Waals surface area (Å²) in [6.07, 6.45) is 1.63. The molecule has 0 fully saturated rings. The van der Waals surface area contributed by atoms with Gasteiger partial charge in [0.15, 0.2) is 10.9 Å². The maximum absolute atomic E-state index is 11.7. The first-order chi connectivity index (χ1) is 9.95. The highest BCUT2D eigenvalue weighted by molar-refractivity contribution is 7.15. The van der Waals surface area contributed by atoms with E-state index in [0.29, 0.717) is 10.9 Å². The summed E-state index contributed by atoms with van der Waals surface area (Å²) in [5, 5.41) is 9.17. The van der Waals surface area contributed by atoms with Gasteiger partial charge >= 0.3 is 11.8 Å². The van der Waals surface area contributed by atoms with E-state index in [0.717, 1.165) is 10.6 Å². The number of nitrogens with one attached hydrogen (secondary N) is 2. The number of aryl methyl sites for hydroxylation is 1. The van der Waals surface area contributed by atoms with Crippen LogP contribution in [0.2, 0.25) is 0 Å². The molecule has 2 aromatic rings. The molecule has 0 aliphatic heterocycles. The SMILES string of the molecule is Cc1cnc(NC(=O)C(=O)NCc2cc(C(C)C)no2)s1. The second-order valence-corrected chi connectivity index (χ2v) is 6.02. The summed E-state index contributed by atoms with van der Waals surface area (Å²) in [6.45, 7) is 5.96. The molecular weight excluding hydrogens is 292 g/mol. The van der Waals surface area contributed by atoms with Gasteiger partial charge in [0, 0.05) is 17.1 Å². The van der Waals surface area contributed by atoms with Crippen molar-refractivity contribution in [1.82, 2.24) is 15.5 Å². The highest BCUT2D eigenvalue weighted by Crippen LogP contribution is 2.16. The molecule has 0 atom stereocenters. The fourth-order valence-corrected chi connectivity index (χ4v) is 2.16. The fraction of sp³-hybridized carbons (Fsp3) is 0.385. The van der Waals surface area contributed by atoms with Crippen LogP contribution in [0.5, 0.6) is 0 Å². The van der Waals surface area contributed by atoms with Crippen molar-refractivity contribution in [3.05, 3.63) is 28.6 Å². The number of aromatic nitrogens is 2. The second kappa shape index (κ2) is 6.49. The molecule has 0 radical (unpaired) electrons. The molecule has 2 N–H and O–H groups in total. The molecule has 0 aliphatic rings. The van der Waals surface area contributed by atoms with Crippen LogP contribution < -0.4 is 10.6 Å². The van der Waals surface area contributed by atoms with Crippen molar-refractivity contribution in [3.63, 3.8) is 0 Å². The summed E-state index contributed by atoms with van der Waals surface area (Å²) in [4.78, 5) is 28.2. The smallest absolute Gasteiger partial charge is 0.315 e. The summed E-state index contributed by atoms with van der Waals surface area (Å²) in [5.41, 5.74) is 0.807. The van der Waals surface area contributed by atoms with Crippen LogP contribution in [0.1, 0.15) is 36.1 Å². The van der Waals surface area contributed by atoms with E-state index in [-0.39, 0.29) is 12.5 Å². The van der Waals surface area contributed by atoms with Gasteiger partial charge in [0.1, 0.15) is 0 Å². The Morgan fingerprint density at radius 2 is 2.14 bits per heavy atom. The molecule has 2 rings (SSSR count). The lowest BCUT2D eigenvalue weighted by atomic mass is 10.1. The topological polar surface area (TPSA) is 97.1 Å². The molecule has 2 aromatic heterocycles. The van der Waals surface area contributed by atoms with Crippen molar-refractivity contribution in [2.24, 2.45) is 0 Å². The van der Waals surface area contributed by atoms with Gasteiger partial charge in [0.25, 0.3) is 0 Å². The number of anilines is 1. The van der Waals surface area contributed by atoms with Crippen LogP contribution in [0.15, 0.2) is 16.8 Å². The van der Waals surface area contributed by atoms with Crippen molar-refractivity contribution in [1.29, 1.82) is 0 Å². The Morgan fingerprint density at radius 3 is 2.71 bits per heavy atom. The first kappa shape index (κ1) is 15.2. The number of thiazole rings is 1. The molecule has 0 saturated carbocycles. The zero-order valence-corrected chi connectivity index (χ0v) is 12.8. The highest BCUT2D eigenvalue weighted by Gasteiger charge is 2.16. The second-order valence-electron chi connectivity index (χ2n) is 4.79. The number of hydrogen-bond donors (Lipinski definition) is 2. The van der Waals surface area contributed by atoms with Crippen LogP contribution in [0.3, 0.4) is 0 Å². The van der Waals surface area contributed by atoms with Crippen molar-refractivity contribution in [3.8, 4) is 0 Å². The standard InChI is InChI=1S/C13H16N4O3S/c1-7(2)10-4-9(20-17-10)6-14-11(18)12(19)16-13-15-5-8(3)21-13/h4-5,7H,6H2,1-3H3,(H,14,18)(H,15,16,19). The van der Waals surface area contributed by atoms with Crippen LogP contribution in [0.25, 0.3) is 0 Å². The largest absolute Gasteiger partial charge is 0.359 e. The number of nitrogens with zero attached hydrogens (tertiary/aromatic N) is 2. The quantitative estimate of drug-likeness (QED) is 0.840. The van der Waals surface area contributed by atoms with E-state index in [2.05, 4.69) is 20.8 Å². The molecule has 0 saturated heterocycles. The Labute approximate surface area is 125 Å². The fourth-order valence-electron chi connectivity index (χ4n) is 1.50. The van der Waals surface area contributed by atoms with Crippen molar-refractivity contribution < 1.29 is 14.1 Å². The lowest BCUT2D eigenvalue weighted by Gasteiger charge is -2.02. The number of amides is 2. The number of carbonyl (C=O) groups excluding carboxylic acids is 2. The summed E-state index contributed by atoms with van der Waals surface area (Å²) in [5.74, 6) is -0.752. The lowest BCUT2D eigenvalue weighted by molar-refractivity contribution is -0.136. The lowest BCUT2D eigenvalue weighted by Crippen LogP contribution is -2.34. The Hall–Kier alpha value is -2.22. The normalized spacial score (nSPS) is 10.7. The molecule has 2 amide bonds. The minimum atomic E-state index is -0.757. The minimum absolute atomic E-state index is 0.114. The summed E-state index contributed by atoms with van der Waals surface area (Å²) in [6, 6.07) is 1.76. The van der Waals surface area contributed by atoms with Gasteiger partial charge < -0.3 is 9.84 Å². The molecular formula is C13H16N4O3S. The van der Waals surface area contributed by atoms with E-state index in [9.17, 15) is 9.59 Å². The van der Waals surface area contributed by atoms with Crippen molar-refractivity contribution in [2.75, 3.05) is 5.32 Å². The van der Waals surface area contributed by atoms with E-state index in [1.54, 1.807) is 12.3 Å². The van der Waals surface area contributed by atoms with Gasteiger partial charge in [-0.25, -0.2) is 4.98 Å². The number of carbonyl (C=O) groups is 2. The van der Waals surface area contributed by atoms with E-state index >= 15 is 0 Å². The van der Waals surface area contributed by atoms with Gasteiger partial charge in [-0.05, 0) is 12.8 Å². The van der Waals surface area contributed by atoms with Gasteiger partial charge in [0.2, 0.25) is 0 Å². The number of hydrogen-bond acceptors (Lipinski definition) is 6. The molecule has 0 bridgehead atoms. The van der Waals surface area contributed by atoms with E-state index < -0.39 is 11.8 Å². The average Bonchev–Trinajstić information content (AvgIpc) is 3.05. The van der Waals surface area contributed by atoms with Crippen LogP contribution in [-0.4, -0.2) is 22.0 Å². The molecule has 112 valence electrons. The van der Waals surface area contributed by atoms with Gasteiger partial charge in [-0.2, -0.15) is 0 Å². The first-order valence-electron chi connectivity index (χ1n) is 6.43. The first-order valence-corrected chi connectivity index (χ1v) is 7.24. The highest BCUT2D eigenvalue weighted by atomic mass is 32.1. The molecule has 0 aromatic carbocycles. The Morgan fingerprint density at radius 1 is 1.38 bits per heavy atom. The average molecular weight is 308 g/mol. The predicted octanol–water partition coefficient (Wildman–Crippen LogP) is 1.82. The van der Waals surface area contributed by atoms with Crippen LogP contribution in [0, 0.1) is 6.92 Å². The Bertz CT molecular complexity index is 647. The molecule has 0 unspecified atom stereocenters. The zero-order chi connectivity index (χ0) is 15.4. The van der Waals surface area contributed by atoms with Gasteiger partial charge in [-0.3, -0.25) is 14.9 Å². The minimum Gasteiger partial charge on any atom is -0.359 e. The van der Waals surface area contributed by atoms with Crippen LogP contribution >= 0.6 is 11.3 Å². The van der Waals surface area contributed by atoms with E-state index in [1.165, 1.54) is 11.3 Å². The summed E-state index contributed by atoms with van der Waals surface area (Å²) < 4.78 is 5.07. The van der Waals surface area contributed by atoms with Crippen LogP contribution in [-0.2, 0) is 16.1 Å². The monoisotopic (exact) mass is 308 g/mol. The van der Waals surface area contributed by atoms with Gasteiger partial charge in [-0.1, -0.05) is 19.0 Å². The maximum Gasteiger partial charge on any atom is 0.315 e. The van der Waals surface area contributed by atoms with Gasteiger partial charge in [0.05, 0.1) is 12.2 Å². The third-order valence-corrected chi connectivity index (χ3v) is 3.47. The molecule has 2 heterocycles. The predicted molar refractivity (Wildman–Crippen MR) is 77.9 cm³/mol. The molecule has 8 heteroatoms. The third-order valence-electron chi connectivity index (χ3n) is 2.64.